The van der Waals surface area contributed by atoms with Gasteiger partial charge in [0.05, 0.1) is 29.8 Å². The van der Waals surface area contributed by atoms with E-state index in [1.165, 1.54) is 11.8 Å². The van der Waals surface area contributed by atoms with Crippen LogP contribution in [-0.2, 0) is 22.1 Å². The number of ether oxygens (including phenoxy) is 2. The van der Waals surface area contributed by atoms with Crippen molar-refractivity contribution in [2.75, 3.05) is 76.1 Å². The second-order valence-corrected chi connectivity index (χ2v) is 12.5. The Hall–Kier alpha value is -2.91. The number of thioether (sulfide) groups is 1. The van der Waals surface area contributed by atoms with Crippen LogP contribution in [0.25, 0.3) is 10.6 Å². The molecule has 0 aliphatic carbocycles. The number of piperazine rings is 1. The summed E-state index contributed by atoms with van der Waals surface area (Å²) in [6, 6.07) is 7.71. The van der Waals surface area contributed by atoms with Crippen LogP contribution in [0.2, 0.25) is 0 Å². The van der Waals surface area contributed by atoms with Crippen molar-refractivity contribution in [1.29, 1.82) is 0 Å². The number of methoxy groups -OCH3 is 1. The number of carbonyl (C=O) groups excluding carboxylic acids is 1. The number of rotatable bonds is 6. The molecule has 1 aromatic carbocycles. The lowest BCUT2D eigenvalue weighted by Crippen LogP contribution is -2.52. The molecule has 2 saturated heterocycles. The van der Waals surface area contributed by atoms with Crippen LogP contribution in [0.1, 0.15) is 41.6 Å². The van der Waals surface area contributed by atoms with E-state index in [0.717, 1.165) is 67.1 Å². The summed E-state index contributed by atoms with van der Waals surface area (Å²) in [6.07, 6.45) is -3.10. The highest BCUT2D eigenvalue weighted by atomic mass is 32.2. The summed E-state index contributed by atoms with van der Waals surface area (Å²) in [5.74, 6) is 0.573. The quantitative estimate of drug-likeness (QED) is 0.320. The number of anilines is 3. The monoisotopic (exact) mass is 666 g/mol. The van der Waals surface area contributed by atoms with Gasteiger partial charge in [0.2, 0.25) is 5.95 Å². The number of amides is 1. The number of benzene rings is 1. The minimum atomic E-state index is -4.65. The molecular formula is C31H41F3N6O3S2. The van der Waals surface area contributed by atoms with E-state index in [1.54, 1.807) is 25.2 Å². The Labute approximate surface area is 270 Å². The molecule has 3 aromatic rings. The number of halogens is 3. The maximum atomic E-state index is 14.1. The second-order valence-electron chi connectivity index (χ2n) is 10.3. The van der Waals surface area contributed by atoms with Gasteiger partial charge in [-0.1, -0.05) is 20.8 Å². The van der Waals surface area contributed by atoms with Crippen LogP contribution in [0.4, 0.5) is 30.5 Å². The summed E-state index contributed by atoms with van der Waals surface area (Å²) < 4.78 is 51.7. The van der Waals surface area contributed by atoms with E-state index >= 15 is 0 Å². The predicted octanol–water partition coefficient (Wildman–Crippen LogP) is 6.18. The normalized spacial score (nSPS) is 16.8. The van der Waals surface area contributed by atoms with Gasteiger partial charge in [0.1, 0.15) is 10.4 Å². The Morgan fingerprint density at radius 3 is 2.47 bits per heavy atom. The molecule has 0 atom stereocenters. The van der Waals surface area contributed by atoms with E-state index in [1.807, 2.05) is 32.9 Å². The largest absolute Gasteiger partial charge is 0.420 e. The van der Waals surface area contributed by atoms with Crippen molar-refractivity contribution in [3.05, 3.63) is 46.5 Å². The summed E-state index contributed by atoms with van der Waals surface area (Å²) >= 11 is 2.54. The summed E-state index contributed by atoms with van der Waals surface area (Å²) in [6.45, 7) is 11.3. The fraction of sp³-hybridized carbons (Fsp3) is 0.516. The molecule has 9 nitrogen and oxygen atoms in total. The number of aryl methyl sites for hydroxylation is 1. The molecule has 2 fully saturated rings. The van der Waals surface area contributed by atoms with Crippen molar-refractivity contribution in [2.24, 2.45) is 0 Å². The Kier molecular flexibility index (Phi) is 12.5. The van der Waals surface area contributed by atoms with Gasteiger partial charge < -0.3 is 29.9 Å². The SMILES string of the molecule is CC.CCc1cc(N2CCNCC2)ccc1Nc1ncc(C(F)(F)F)c(-c2cc3c(s2)C(=O)N(C2COC2)CCS3)n1.COC. The number of nitrogens with zero attached hydrogens (tertiary/aromatic N) is 4. The van der Waals surface area contributed by atoms with E-state index in [-0.39, 0.29) is 23.6 Å². The third-order valence-electron chi connectivity index (χ3n) is 7.33. The predicted molar refractivity (Wildman–Crippen MR) is 175 cm³/mol. The van der Waals surface area contributed by atoms with E-state index in [2.05, 4.69) is 36.3 Å². The Balaban J connectivity index is 0.000000871. The minimum absolute atomic E-state index is 0.0101. The van der Waals surface area contributed by atoms with Crippen LogP contribution < -0.4 is 15.5 Å². The third-order valence-corrected chi connectivity index (χ3v) is 9.61. The van der Waals surface area contributed by atoms with Crippen molar-refractivity contribution in [2.45, 2.75) is 44.3 Å². The van der Waals surface area contributed by atoms with Gasteiger partial charge in [0.25, 0.3) is 5.91 Å². The number of nitrogens with one attached hydrogen (secondary N) is 2. The highest BCUT2D eigenvalue weighted by molar-refractivity contribution is 7.99. The molecule has 14 heteroatoms. The molecule has 0 bridgehead atoms. The van der Waals surface area contributed by atoms with Gasteiger partial charge in [-0.2, -0.15) is 13.2 Å². The van der Waals surface area contributed by atoms with Gasteiger partial charge in [0.15, 0.2) is 0 Å². The van der Waals surface area contributed by atoms with E-state index in [4.69, 9.17) is 4.74 Å². The molecule has 0 spiro atoms. The minimum Gasteiger partial charge on any atom is -0.388 e. The van der Waals surface area contributed by atoms with Gasteiger partial charge in [-0.15, -0.1) is 23.1 Å². The zero-order valence-electron chi connectivity index (χ0n) is 26.3. The zero-order chi connectivity index (χ0) is 32.6. The van der Waals surface area contributed by atoms with Crippen LogP contribution >= 0.6 is 23.1 Å². The molecule has 3 aliphatic heterocycles. The van der Waals surface area contributed by atoms with Gasteiger partial charge in [0, 0.05) is 75.2 Å². The molecule has 6 rings (SSSR count). The number of hydrogen-bond donors (Lipinski definition) is 2. The number of aromatic nitrogens is 2. The first-order chi connectivity index (χ1) is 21.7. The standard InChI is InChI=1S/C27H29F3N6O2S2.C2H6O.C2H6/c1-2-16-11-17(35-7-5-31-6-8-35)3-4-20(16)33-26-32-13-19(27(28,29)30)23(34-26)21-12-22-24(40-21)25(37)36(9-10-39-22)18-14-38-15-18;1-3-2;1-2/h3-4,11-13,18,31H,2,5-10,14-15H2,1H3,(H,32,33,34);1-2H3;1-2H3. The fourth-order valence-electron chi connectivity index (χ4n) is 5.06. The van der Waals surface area contributed by atoms with Gasteiger partial charge in [-0.3, -0.25) is 4.79 Å². The number of thiophene rings is 1. The molecule has 246 valence electrons. The topological polar surface area (TPSA) is 91.9 Å². The highest BCUT2D eigenvalue weighted by Gasteiger charge is 2.38. The van der Waals surface area contributed by atoms with Crippen molar-refractivity contribution >= 4 is 46.3 Å². The van der Waals surface area contributed by atoms with Crippen LogP contribution in [0, 0.1) is 0 Å². The van der Waals surface area contributed by atoms with E-state index in [0.29, 0.717) is 40.2 Å². The lowest BCUT2D eigenvalue weighted by molar-refractivity contribution is -0.137. The highest BCUT2D eigenvalue weighted by Crippen LogP contribution is 2.43. The molecule has 3 aliphatic rings. The van der Waals surface area contributed by atoms with Gasteiger partial charge in [-0.25, -0.2) is 9.97 Å². The summed E-state index contributed by atoms with van der Waals surface area (Å²) in [7, 11) is 3.25. The molecule has 2 N–H and O–H groups in total. The van der Waals surface area contributed by atoms with Crippen molar-refractivity contribution in [3.63, 3.8) is 0 Å². The number of hydrogen-bond acceptors (Lipinski definition) is 10. The molecule has 1 amide bonds. The second kappa shape index (κ2) is 16.1. The Bertz CT molecular complexity index is 1430. The Morgan fingerprint density at radius 1 is 1.13 bits per heavy atom. The molecule has 0 unspecified atom stereocenters. The maximum absolute atomic E-state index is 14.1. The average molecular weight is 667 g/mol. The fourth-order valence-corrected chi connectivity index (χ4v) is 7.37. The first-order valence-corrected chi connectivity index (χ1v) is 16.9. The summed E-state index contributed by atoms with van der Waals surface area (Å²) in [5.41, 5.74) is 1.72. The molecule has 0 saturated carbocycles. The van der Waals surface area contributed by atoms with Crippen LogP contribution in [0.3, 0.4) is 0 Å². The Morgan fingerprint density at radius 2 is 1.84 bits per heavy atom. The molecule has 45 heavy (non-hydrogen) atoms. The smallest absolute Gasteiger partial charge is 0.388 e. The van der Waals surface area contributed by atoms with Crippen LogP contribution in [0.5, 0.6) is 0 Å². The lowest BCUT2D eigenvalue weighted by atomic mass is 10.1. The summed E-state index contributed by atoms with van der Waals surface area (Å²) in [4.78, 5) is 27.2. The van der Waals surface area contributed by atoms with Crippen molar-refractivity contribution in [1.82, 2.24) is 20.2 Å². The molecular weight excluding hydrogens is 626 g/mol. The molecule has 5 heterocycles. The maximum Gasteiger partial charge on any atom is 0.420 e. The summed E-state index contributed by atoms with van der Waals surface area (Å²) in [5, 5.41) is 6.50. The number of fused-ring (bicyclic) bond motifs is 1. The van der Waals surface area contributed by atoms with Gasteiger partial charge in [-0.05, 0) is 36.2 Å². The van der Waals surface area contributed by atoms with Crippen LogP contribution in [0.15, 0.2) is 35.4 Å². The molecule has 0 radical (unpaired) electrons. The number of alkyl halides is 3. The molecule has 2 aromatic heterocycles. The van der Waals surface area contributed by atoms with Crippen LogP contribution in [-0.4, -0.2) is 92.7 Å². The lowest BCUT2D eigenvalue weighted by Gasteiger charge is -2.36. The number of carbonyl (C=O) groups is 1. The first-order valence-electron chi connectivity index (χ1n) is 15.1. The van der Waals surface area contributed by atoms with Crippen molar-refractivity contribution < 1.29 is 27.4 Å². The van der Waals surface area contributed by atoms with E-state index in [9.17, 15) is 18.0 Å². The average Bonchev–Trinajstić information content (AvgIpc) is 3.39. The third kappa shape index (κ3) is 8.28. The van der Waals surface area contributed by atoms with Gasteiger partial charge >= 0.3 is 6.18 Å². The van der Waals surface area contributed by atoms with Crippen molar-refractivity contribution in [3.8, 4) is 10.6 Å². The van der Waals surface area contributed by atoms with E-state index < -0.39 is 11.7 Å². The zero-order valence-corrected chi connectivity index (χ0v) is 27.9. The first kappa shape index (κ1) is 35.0.